The second-order valence-corrected chi connectivity index (χ2v) is 7.77. The second kappa shape index (κ2) is 5.50. The fourth-order valence-corrected chi connectivity index (χ4v) is 3.62. The van der Waals surface area contributed by atoms with Crippen LogP contribution in [0.1, 0.15) is 51.8 Å². The maximum atomic E-state index is 12.3. The van der Waals surface area contributed by atoms with Crippen LogP contribution in [-0.2, 0) is 16.6 Å². The van der Waals surface area contributed by atoms with Crippen molar-refractivity contribution >= 4 is 10.0 Å². The van der Waals surface area contributed by atoms with Crippen LogP contribution >= 0.6 is 0 Å². The Morgan fingerprint density at radius 3 is 2.50 bits per heavy atom. The average molecular weight is 300 g/mol. The van der Waals surface area contributed by atoms with Gasteiger partial charge in [0.1, 0.15) is 0 Å². The van der Waals surface area contributed by atoms with Gasteiger partial charge in [0.05, 0.1) is 11.5 Å². The van der Waals surface area contributed by atoms with Gasteiger partial charge in [0.15, 0.2) is 0 Å². The van der Waals surface area contributed by atoms with E-state index in [0.29, 0.717) is 12.2 Å². The van der Waals surface area contributed by atoms with Crippen LogP contribution in [0.4, 0.5) is 0 Å². The molecule has 2 N–H and O–H groups in total. The zero-order valence-electron chi connectivity index (χ0n) is 12.4. The third kappa shape index (κ3) is 3.07. The quantitative estimate of drug-likeness (QED) is 0.809. The molecule has 6 heteroatoms. The Bertz CT molecular complexity index is 571. The van der Waals surface area contributed by atoms with Gasteiger partial charge in [-0.25, -0.2) is 13.1 Å². The number of aromatic nitrogens is 1. The summed E-state index contributed by atoms with van der Waals surface area (Å²) in [6.07, 6.45) is 4.80. The Morgan fingerprint density at radius 2 is 2.10 bits per heavy atom. The lowest BCUT2D eigenvalue weighted by Crippen LogP contribution is -2.29. The molecule has 1 aromatic heterocycles. The molecule has 0 spiro atoms. The van der Waals surface area contributed by atoms with Crippen molar-refractivity contribution in [2.75, 3.05) is 6.54 Å². The molecule has 20 heavy (non-hydrogen) atoms. The molecule has 5 nitrogen and oxygen atoms in total. The van der Waals surface area contributed by atoms with Crippen LogP contribution in [-0.4, -0.2) is 24.6 Å². The third-order valence-electron chi connectivity index (χ3n) is 4.28. The minimum atomic E-state index is -3.49. The number of sulfonamides is 1. The predicted molar refractivity (Wildman–Crippen MR) is 77.9 cm³/mol. The molecule has 0 bridgehead atoms. The van der Waals surface area contributed by atoms with Crippen molar-refractivity contribution in [2.45, 2.75) is 57.6 Å². The number of aliphatic hydroxyl groups is 1. The first-order valence-electron chi connectivity index (χ1n) is 7.15. The third-order valence-corrected chi connectivity index (χ3v) is 5.65. The van der Waals surface area contributed by atoms with E-state index in [2.05, 4.69) is 11.6 Å². The van der Waals surface area contributed by atoms with Gasteiger partial charge in [-0.1, -0.05) is 6.92 Å². The van der Waals surface area contributed by atoms with Gasteiger partial charge in [-0.15, -0.1) is 0 Å². The molecular formula is C14H24N2O3S. The number of rotatable bonds is 7. The molecule has 1 saturated carbocycles. The Balaban J connectivity index is 2.17. The van der Waals surface area contributed by atoms with Crippen LogP contribution in [0.2, 0.25) is 0 Å². The molecule has 0 aliphatic heterocycles. The van der Waals surface area contributed by atoms with Gasteiger partial charge in [0, 0.05) is 24.5 Å². The van der Waals surface area contributed by atoms with E-state index in [1.54, 1.807) is 16.8 Å². The number of hydrogen-bond donors (Lipinski definition) is 2. The fraction of sp³-hybridized carbons (Fsp3) is 0.714. The van der Waals surface area contributed by atoms with Crippen molar-refractivity contribution in [3.8, 4) is 0 Å². The van der Waals surface area contributed by atoms with Crippen molar-refractivity contribution in [2.24, 2.45) is 5.41 Å². The van der Waals surface area contributed by atoms with Gasteiger partial charge in [0.25, 0.3) is 0 Å². The van der Waals surface area contributed by atoms with Crippen LogP contribution in [0.15, 0.2) is 17.2 Å². The highest BCUT2D eigenvalue weighted by Gasteiger charge is 2.41. The van der Waals surface area contributed by atoms with Gasteiger partial charge >= 0.3 is 0 Å². The summed E-state index contributed by atoms with van der Waals surface area (Å²) in [6, 6.07) is 1.67. The Morgan fingerprint density at radius 1 is 1.45 bits per heavy atom. The largest absolute Gasteiger partial charge is 0.390 e. The zero-order chi connectivity index (χ0) is 15.0. The molecule has 1 aliphatic rings. The van der Waals surface area contributed by atoms with E-state index in [-0.39, 0.29) is 23.0 Å². The van der Waals surface area contributed by atoms with E-state index < -0.39 is 10.0 Å². The summed E-state index contributed by atoms with van der Waals surface area (Å²) >= 11 is 0. The van der Waals surface area contributed by atoms with Crippen LogP contribution in [0.25, 0.3) is 0 Å². The predicted octanol–water partition coefficient (Wildman–Crippen LogP) is 2.03. The van der Waals surface area contributed by atoms with E-state index >= 15 is 0 Å². The Labute approximate surface area is 121 Å². The molecule has 0 amide bonds. The van der Waals surface area contributed by atoms with Crippen molar-refractivity contribution in [1.82, 2.24) is 9.29 Å². The van der Waals surface area contributed by atoms with Crippen LogP contribution < -0.4 is 4.72 Å². The number of nitrogens with zero attached hydrogens (tertiary/aromatic N) is 1. The zero-order valence-corrected chi connectivity index (χ0v) is 13.2. The van der Waals surface area contributed by atoms with Crippen LogP contribution in [0.5, 0.6) is 0 Å². The molecule has 1 fully saturated rings. The van der Waals surface area contributed by atoms with E-state index in [1.165, 1.54) is 0 Å². The molecule has 0 radical (unpaired) electrons. The summed E-state index contributed by atoms with van der Waals surface area (Å²) in [5, 5.41) is 9.32. The maximum Gasteiger partial charge on any atom is 0.242 e. The maximum absolute atomic E-state index is 12.3. The highest BCUT2D eigenvalue weighted by molar-refractivity contribution is 7.89. The van der Waals surface area contributed by atoms with Crippen LogP contribution in [0, 0.1) is 5.41 Å². The van der Waals surface area contributed by atoms with E-state index in [4.69, 9.17) is 0 Å². The van der Waals surface area contributed by atoms with Gasteiger partial charge in [-0.05, 0) is 44.6 Å². The standard InChI is InChI=1S/C14H24N2O3S/c1-4-14(5-6-14)10-15-20(18,19)13-7-12(9-17)16(8-13)11(2)3/h7-8,11,15,17H,4-6,9-10H2,1-3H3. The Hall–Kier alpha value is -0.850. The summed E-state index contributed by atoms with van der Waals surface area (Å²) in [7, 11) is -3.49. The lowest BCUT2D eigenvalue weighted by atomic mass is 10.1. The van der Waals surface area contributed by atoms with Crippen molar-refractivity contribution in [3.63, 3.8) is 0 Å². The summed E-state index contributed by atoms with van der Waals surface area (Å²) in [5.41, 5.74) is 0.796. The minimum absolute atomic E-state index is 0.117. The van der Waals surface area contributed by atoms with Crippen LogP contribution in [0.3, 0.4) is 0 Å². The van der Waals surface area contributed by atoms with Crippen molar-refractivity contribution in [3.05, 3.63) is 18.0 Å². The normalized spacial score (nSPS) is 17.6. The number of nitrogens with one attached hydrogen (secondary N) is 1. The SMILES string of the molecule is CCC1(CNS(=O)(=O)c2cc(CO)n(C(C)C)c2)CC1. The summed E-state index contributed by atoms with van der Waals surface area (Å²) in [6.45, 7) is 6.36. The molecule has 1 aromatic rings. The Kier molecular flexibility index (Phi) is 4.27. The summed E-state index contributed by atoms with van der Waals surface area (Å²) in [5.74, 6) is 0. The molecule has 2 rings (SSSR count). The van der Waals surface area contributed by atoms with Gasteiger partial charge in [-0.2, -0.15) is 0 Å². The molecular weight excluding hydrogens is 276 g/mol. The number of hydrogen-bond acceptors (Lipinski definition) is 3. The summed E-state index contributed by atoms with van der Waals surface area (Å²) in [4.78, 5) is 0.238. The topological polar surface area (TPSA) is 71.3 Å². The highest BCUT2D eigenvalue weighted by atomic mass is 32.2. The molecule has 0 atom stereocenters. The smallest absolute Gasteiger partial charge is 0.242 e. The molecule has 1 heterocycles. The average Bonchev–Trinajstić information content (AvgIpc) is 3.05. The minimum Gasteiger partial charge on any atom is -0.390 e. The lowest BCUT2D eigenvalue weighted by Gasteiger charge is -2.13. The van der Waals surface area contributed by atoms with Crippen molar-refractivity contribution in [1.29, 1.82) is 0 Å². The molecule has 1 aliphatic carbocycles. The molecule has 0 unspecified atom stereocenters. The van der Waals surface area contributed by atoms with Gasteiger partial charge < -0.3 is 9.67 Å². The first-order valence-corrected chi connectivity index (χ1v) is 8.63. The fourth-order valence-electron chi connectivity index (χ4n) is 2.41. The molecule has 0 saturated heterocycles. The first-order chi connectivity index (χ1) is 9.33. The monoisotopic (exact) mass is 300 g/mol. The number of aliphatic hydroxyl groups excluding tert-OH is 1. The highest BCUT2D eigenvalue weighted by Crippen LogP contribution is 2.48. The van der Waals surface area contributed by atoms with Gasteiger partial charge in [0.2, 0.25) is 10.0 Å². The second-order valence-electron chi connectivity index (χ2n) is 6.00. The van der Waals surface area contributed by atoms with Gasteiger partial charge in [-0.3, -0.25) is 0 Å². The lowest BCUT2D eigenvalue weighted by molar-refractivity contribution is 0.268. The first kappa shape index (κ1) is 15.5. The van der Waals surface area contributed by atoms with E-state index in [1.807, 2.05) is 13.8 Å². The molecule has 0 aromatic carbocycles. The molecule has 114 valence electrons. The van der Waals surface area contributed by atoms with E-state index in [0.717, 1.165) is 19.3 Å². The van der Waals surface area contributed by atoms with E-state index in [9.17, 15) is 13.5 Å². The van der Waals surface area contributed by atoms with Crippen molar-refractivity contribution < 1.29 is 13.5 Å². The summed E-state index contributed by atoms with van der Waals surface area (Å²) < 4.78 is 29.1.